The van der Waals surface area contributed by atoms with Gasteiger partial charge in [-0.3, -0.25) is 0 Å². The molecule has 0 aromatic rings. The Morgan fingerprint density at radius 1 is 1.00 bits per heavy atom. The lowest BCUT2D eigenvalue weighted by atomic mass is 9.73. The van der Waals surface area contributed by atoms with Crippen molar-refractivity contribution >= 4 is 0 Å². The number of quaternary nitrogens is 1. The molecule has 2 fully saturated rings. The third-order valence-electron chi connectivity index (χ3n) is 5.01. The maximum atomic E-state index is 2.47. The second-order valence-corrected chi connectivity index (χ2v) is 6.27. The standard InChI is InChI=1S/C13H26N/c1-12(2)14(3)10-9-13(11-14)7-5-4-6-8-13/h12H,4-11H2,1-3H3/q+1. The van der Waals surface area contributed by atoms with Gasteiger partial charge in [0, 0.05) is 11.8 Å². The van der Waals surface area contributed by atoms with Gasteiger partial charge in [0.1, 0.15) is 0 Å². The molecule has 1 saturated carbocycles. The normalized spacial score (nSPS) is 36.9. The Kier molecular flexibility index (Phi) is 2.63. The van der Waals surface area contributed by atoms with Crippen molar-refractivity contribution in [3.05, 3.63) is 0 Å². The van der Waals surface area contributed by atoms with Crippen molar-refractivity contribution in [2.24, 2.45) is 5.41 Å². The van der Waals surface area contributed by atoms with E-state index < -0.39 is 0 Å². The minimum Gasteiger partial charge on any atom is -0.324 e. The van der Waals surface area contributed by atoms with E-state index in [1.807, 2.05) is 0 Å². The van der Waals surface area contributed by atoms with Crippen LogP contribution in [0.15, 0.2) is 0 Å². The predicted octanol–water partition coefficient (Wildman–Crippen LogP) is 3.20. The number of nitrogens with zero attached hydrogens (tertiary/aromatic N) is 1. The Hall–Kier alpha value is -0.0400. The van der Waals surface area contributed by atoms with Crippen molar-refractivity contribution < 1.29 is 4.48 Å². The Balaban J connectivity index is 2.05. The zero-order chi connectivity index (χ0) is 10.2. The zero-order valence-corrected chi connectivity index (χ0v) is 10.2. The summed E-state index contributed by atoms with van der Waals surface area (Å²) in [6, 6.07) is 0.816. The van der Waals surface area contributed by atoms with Crippen LogP contribution in [-0.2, 0) is 0 Å². The van der Waals surface area contributed by atoms with Crippen molar-refractivity contribution in [2.75, 3.05) is 20.1 Å². The molecule has 0 bridgehead atoms. The molecule has 1 saturated heterocycles. The minimum absolute atomic E-state index is 0.761. The summed E-state index contributed by atoms with van der Waals surface area (Å²) in [5.74, 6) is 0. The summed E-state index contributed by atoms with van der Waals surface area (Å²) in [6.45, 7) is 7.67. The first-order valence-corrected chi connectivity index (χ1v) is 6.41. The highest BCUT2D eigenvalue weighted by Gasteiger charge is 2.47. The topological polar surface area (TPSA) is 0 Å². The fraction of sp³-hybridized carbons (Fsp3) is 1.00. The van der Waals surface area contributed by atoms with Gasteiger partial charge in [-0.1, -0.05) is 19.3 Å². The van der Waals surface area contributed by atoms with Gasteiger partial charge in [0.25, 0.3) is 0 Å². The highest BCUT2D eigenvalue weighted by molar-refractivity contribution is 4.86. The molecule has 1 spiro atoms. The van der Waals surface area contributed by atoms with Crippen molar-refractivity contribution in [1.82, 2.24) is 0 Å². The van der Waals surface area contributed by atoms with Crippen LogP contribution in [0.4, 0.5) is 0 Å². The van der Waals surface area contributed by atoms with Gasteiger partial charge in [-0.15, -0.1) is 0 Å². The highest BCUT2D eigenvalue weighted by atomic mass is 15.4. The van der Waals surface area contributed by atoms with Crippen molar-refractivity contribution in [1.29, 1.82) is 0 Å². The molecule has 0 aromatic heterocycles. The maximum Gasteiger partial charge on any atom is 0.0845 e. The van der Waals surface area contributed by atoms with E-state index in [-0.39, 0.29) is 0 Å². The summed E-state index contributed by atoms with van der Waals surface area (Å²) >= 11 is 0. The maximum absolute atomic E-state index is 2.47. The monoisotopic (exact) mass is 196 g/mol. The molecule has 1 nitrogen and oxygen atoms in total. The summed E-state index contributed by atoms with van der Waals surface area (Å²) in [5.41, 5.74) is 0.761. The molecule has 1 unspecified atom stereocenters. The molecule has 0 aromatic carbocycles. The fourth-order valence-electron chi connectivity index (χ4n) is 3.57. The van der Waals surface area contributed by atoms with Crippen LogP contribution in [0.1, 0.15) is 52.4 Å². The molecule has 0 N–H and O–H groups in total. The smallest absolute Gasteiger partial charge is 0.0845 e. The summed E-state index contributed by atoms with van der Waals surface area (Å²) in [4.78, 5) is 0. The van der Waals surface area contributed by atoms with E-state index in [1.165, 1.54) is 56.1 Å². The molecule has 1 atom stereocenters. The summed E-state index contributed by atoms with van der Waals surface area (Å²) < 4.78 is 1.33. The molecular weight excluding hydrogens is 170 g/mol. The quantitative estimate of drug-likeness (QED) is 0.565. The molecule has 14 heavy (non-hydrogen) atoms. The molecule has 82 valence electrons. The van der Waals surface area contributed by atoms with Crippen molar-refractivity contribution in [2.45, 2.75) is 58.4 Å². The highest BCUT2D eigenvalue weighted by Crippen LogP contribution is 2.46. The van der Waals surface area contributed by atoms with E-state index >= 15 is 0 Å². The first kappa shape index (κ1) is 10.5. The largest absolute Gasteiger partial charge is 0.324 e. The Bertz CT molecular complexity index is 203. The third kappa shape index (κ3) is 1.71. The lowest BCUT2D eigenvalue weighted by molar-refractivity contribution is -0.921. The SMILES string of the molecule is CC(C)[N+]1(C)CCC2(CCCCC2)C1. The molecule has 1 aliphatic carbocycles. The fourth-order valence-corrected chi connectivity index (χ4v) is 3.57. The average molecular weight is 196 g/mol. The Morgan fingerprint density at radius 2 is 1.64 bits per heavy atom. The van der Waals surface area contributed by atoms with Gasteiger partial charge in [-0.25, -0.2) is 0 Å². The van der Waals surface area contributed by atoms with Gasteiger partial charge < -0.3 is 4.48 Å². The average Bonchev–Trinajstić information content (AvgIpc) is 2.47. The number of hydrogen-bond acceptors (Lipinski definition) is 0. The van der Waals surface area contributed by atoms with Crippen LogP contribution >= 0.6 is 0 Å². The lowest BCUT2D eigenvalue weighted by Gasteiger charge is -2.38. The van der Waals surface area contributed by atoms with Gasteiger partial charge in [0.15, 0.2) is 0 Å². The first-order chi connectivity index (χ1) is 6.56. The number of likely N-dealkylation sites (tertiary alicyclic amines) is 1. The van der Waals surface area contributed by atoms with Gasteiger partial charge in [0.05, 0.1) is 26.2 Å². The molecule has 1 aliphatic heterocycles. The minimum atomic E-state index is 0.761. The molecule has 2 rings (SSSR count). The van der Waals surface area contributed by atoms with Gasteiger partial charge in [-0.05, 0) is 26.7 Å². The number of rotatable bonds is 1. The number of hydrogen-bond donors (Lipinski definition) is 0. The van der Waals surface area contributed by atoms with E-state index in [9.17, 15) is 0 Å². The van der Waals surface area contributed by atoms with Crippen LogP contribution in [0.2, 0.25) is 0 Å². The van der Waals surface area contributed by atoms with Crippen LogP contribution in [0.25, 0.3) is 0 Å². The van der Waals surface area contributed by atoms with Gasteiger partial charge in [-0.2, -0.15) is 0 Å². The van der Waals surface area contributed by atoms with E-state index in [2.05, 4.69) is 20.9 Å². The van der Waals surface area contributed by atoms with Gasteiger partial charge >= 0.3 is 0 Å². The zero-order valence-electron chi connectivity index (χ0n) is 10.2. The summed E-state index contributed by atoms with van der Waals surface area (Å²) in [5, 5.41) is 0. The second kappa shape index (κ2) is 3.52. The summed E-state index contributed by atoms with van der Waals surface area (Å²) in [6.07, 6.45) is 9.03. The molecule has 0 amide bonds. The van der Waals surface area contributed by atoms with E-state index in [4.69, 9.17) is 0 Å². The molecule has 0 radical (unpaired) electrons. The van der Waals surface area contributed by atoms with Crippen LogP contribution in [0, 0.1) is 5.41 Å². The third-order valence-corrected chi connectivity index (χ3v) is 5.01. The van der Waals surface area contributed by atoms with Crippen molar-refractivity contribution in [3.63, 3.8) is 0 Å². The van der Waals surface area contributed by atoms with Crippen LogP contribution in [-0.4, -0.2) is 30.7 Å². The predicted molar refractivity (Wildman–Crippen MR) is 61.2 cm³/mol. The Labute approximate surface area is 89.1 Å². The second-order valence-electron chi connectivity index (χ2n) is 6.27. The molecule has 2 aliphatic rings. The van der Waals surface area contributed by atoms with Crippen LogP contribution < -0.4 is 0 Å². The van der Waals surface area contributed by atoms with Crippen molar-refractivity contribution in [3.8, 4) is 0 Å². The van der Waals surface area contributed by atoms with Crippen LogP contribution in [0.3, 0.4) is 0 Å². The van der Waals surface area contributed by atoms with E-state index in [0.29, 0.717) is 0 Å². The lowest BCUT2D eigenvalue weighted by Crippen LogP contribution is -2.49. The van der Waals surface area contributed by atoms with E-state index in [0.717, 1.165) is 11.5 Å². The Morgan fingerprint density at radius 3 is 2.14 bits per heavy atom. The van der Waals surface area contributed by atoms with Gasteiger partial charge in [0.2, 0.25) is 0 Å². The molecule has 1 heteroatoms. The van der Waals surface area contributed by atoms with E-state index in [1.54, 1.807) is 0 Å². The summed E-state index contributed by atoms with van der Waals surface area (Å²) in [7, 11) is 2.47. The van der Waals surface area contributed by atoms with Crippen LogP contribution in [0.5, 0.6) is 0 Å². The molecular formula is C13H26N+. The molecule has 1 heterocycles. The first-order valence-electron chi connectivity index (χ1n) is 6.41.